The van der Waals surface area contributed by atoms with Crippen molar-refractivity contribution in [1.29, 1.82) is 0 Å². The van der Waals surface area contributed by atoms with Gasteiger partial charge in [-0.25, -0.2) is 4.79 Å². The lowest BCUT2D eigenvalue weighted by Crippen LogP contribution is -2.17. The van der Waals surface area contributed by atoms with Gasteiger partial charge in [0.15, 0.2) is 0 Å². The van der Waals surface area contributed by atoms with Gasteiger partial charge in [0.1, 0.15) is 11.4 Å². The summed E-state index contributed by atoms with van der Waals surface area (Å²) in [6, 6.07) is 3.29. The molecule has 0 aromatic carbocycles. The van der Waals surface area contributed by atoms with Crippen LogP contribution in [0.25, 0.3) is 0 Å². The van der Waals surface area contributed by atoms with E-state index in [0.29, 0.717) is 17.9 Å². The summed E-state index contributed by atoms with van der Waals surface area (Å²) in [5, 5.41) is 11.7. The number of aromatic amines is 1. The van der Waals surface area contributed by atoms with Crippen molar-refractivity contribution in [3.8, 4) is 0 Å². The van der Waals surface area contributed by atoms with E-state index in [1.807, 2.05) is 6.92 Å². The van der Waals surface area contributed by atoms with Crippen molar-refractivity contribution in [3.05, 3.63) is 39.9 Å². The molecule has 20 heavy (non-hydrogen) atoms. The van der Waals surface area contributed by atoms with Crippen LogP contribution >= 0.6 is 15.9 Å². The second-order valence-corrected chi connectivity index (χ2v) is 5.25. The van der Waals surface area contributed by atoms with Gasteiger partial charge >= 0.3 is 5.97 Å². The van der Waals surface area contributed by atoms with Crippen molar-refractivity contribution in [2.24, 2.45) is 0 Å². The van der Waals surface area contributed by atoms with Gasteiger partial charge in [-0.3, -0.25) is 4.79 Å². The quantitative estimate of drug-likeness (QED) is 0.800. The first kappa shape index (κ1) is 14.4. The van der Waals surface area contributed by atoms with Crippen molar-refractivity contribution < 1.29 is 14.7 Å². The first-order chi connectivity index (χ1) is 9.42. The largest absolute Gasteiger partial charge is 0.477 e. The molecule has 3 N–H and O–H groups in total. The molecular formula is C13H14BrN3O3. The van der Waals surface area contributed by atoms with Crippen molar-refractivity contribution in [2.45, 2.75) is 20.4 Å². The van der Waals surface area contributed by atoms with Crippen LogP contribution in [0.3, 0.4) is 0 Å². The molecule has 0 spiro atoms. The van der Waals surface area contributed by atoms with Gasteiger partial charge in [0.2, 0.25) is 0 Å². The maximum atomic E-state index is 12.2. The normalized spacial score (nSPS) is 10.6. The number of carbonyl (C=O) groups excluding carboxylic acids is 1. The second kappa shape index (κ2) is 5.54. The zero-order valence-corrected chi connectivity index (χ0v) is 12.6. The smallest absolute Gasteiger partial charge is 0.354 e. The summed E-state index contributed by atoms with van der Waals surface area (Å²) < 4.78 is 2.58. The summed E-state index contributed by atoms with van der Waals surface area (Å²) >= 11 is 3.32. The first-order valence-corrected chi connectivity index (χ1v) is 6.81. The van der Waals surface area contributed by atoms with Crippen molar-refractivity contribution in [2.75, 3.05) is 5.32 Å². The standard InChI is InChI=1S/C13H14BrN3O3/c1-3-17-6-8(14)5-10(17)12(18)16-9-4-7(2)15-11(9)13(19)20/h4-6,15H,3H2,1-2H3,(H,16,18)(H,19,20). The lowest BCUT2D eigenvalue weighted by Gasteiger charge is -2.07. The van der Waals surface area contributed by atoms with Gasteiger partial charge in [-0.1, -0.05) is 0 Å². The predicted octanol–water partition coefficient (Wildman–Crippen LogP) is 2.86. The SMILES string of the molecule is CCn1cc(Br)cc1C(=O)Nc1cc(C)[nH]c1C(=O)O. The number of aryl methyl sites for hydroxylation is 2. The average Bonchev–Trinajstić information content (AvgIpc) is 2.92. The van der Waals surface area contributed by atoms with Gasteiger partial charge in [-0.2, -0.15) is 0 Å². The van der Waals surface area contributed by atoms with Crippen molar-refractivity contribution in [1.82, 2.24) is 9.55 Å². The lowest BCUT2D eigenvalue weighted by atomic mass is 10.3. The molecule has 0 atom stereocenters. The topological polar surface area (TPSA) is 87.1 Å². The van der Waals surface area contributed by atoms with Gasteiger partial charge in [0, 0.05) is 22.9 Å². The molecular weight excluding hydrogens is 326 g/mol. The first-order valence-electron chi connectivity index (χ1n) is 6.02. The molecule has 0 aliphatic carbocycles. The van der Waals surface area contributed by atoms with Crippen LogP contribution in [0.4, 0.5) is 5.69 Å². The number of nitrogens with one attached hydrogen (secondary N) is 2. The van der Waals surface area contributed by atoms with Crippen LogP contribution in [0.2, 0.25) is 0 Å². The number of carbonyl (C=O) groups is 2. The summed E-state index contributed by atoms with van der Waals surface area (Å²) in [5.41, 5.74) is 1.38. The van der Waals surface area contributed by atoms with E-state index in [-0.39, 0.29) is 17.3 Å². The Bertz CT molecular complexity index is 672. The van der Waals surface area contributed by atoms with Gasteiger partial charge in [-0.15, -0.1) is 0 Å². The number of anilines is 1. The fourth-order valence-electron chi connectivity index (χ4n) is 1.97. The molecule has 0 bridgehead atoms. The van der Waals surface area contributed by atoms with Crippen LogP contribution in [0.15, 0.2) is 22.8 Å². The van der Waals surface area contributed by atoms with Crippen molar-refractivity contribution in [3.63, 3.8) is 0 Å². The number of aromatic nitrogens is 2. The predicted molar refractivity (Wildman–Crippen MR) is 78.2 cm³/mol. The van der Waals surface area contributed by atoms with Crippen LogP contribution < -0.4 is 5.32 Å². The Morgan fingerprint density at radius 2 is 2.15 bits per heavy atom. The zero-order chi connectivity index (χ0) is 14.9. The molecule has 0 aliphatic heterocycles. The van der Waals surface area contributed by atoms with E-state index in [0.717, 1.165) is 4.47 Å². The average molecular weight is 340 g/mol. The summed E-state index contributed by atoms with van der Waals surface area (Å²) in [5.74, 6) is -1.46. The van der Waals surface area contributed by atoms with E-state index in [1.54, 1.807) is 29.8 Å². The zero-order valence-electron chi connectivity index (χ0n) is 11.0. The molecule has 2 heterocycles. The van der Waals surface area contributed by atoms with Crippen LogP contribution in [0.5, 0.6) is 0 Å². The molecule has 106 valence electrons. The molecule has 0 saturated carbocycles. The number of aromatic carboxylic acids is 1. The second-order valence-electron chi connectivity index (χ2n) is 4.33. The van der Waals surface area contributed by atoms with Gasteiger partial charge in [0.05, 0.1) is 5.69 Å². The maximum Gasteiger partial charge on any atom is 0.354 e. The number of H-pyrrole nitrogens is 1. The Labute approximate surface area is 123 Å². The number of halogens is 1. The molecule has 0 radical (unpaired) electrons. The van der Waals surface area contributed by atoms with Crippen LogP contribution in [-0.2, 0) is 6.54 Å². The molecule has 0 fully saturated rings. The Morgan fingerprint density at radius 1 is 1.45 bits per heavy atom. The van der Waals surface area contributed by atoms with Crippen LogP contribution in [0.1, 0.15) is 33.6 Å². The minimum atomic E-state index is -1.11. The third kappa shape index (κ3) is 2.77. The van der Waals surface area contributed by atoms with E-state index in [9.17, 15) is 9.59 Å². The highest BCUT2D eigenvalue weighted by Gasteiger charge is 2.18. The Hall–Kier alpha value is -2.02. The van der Waals surface area contributed by atoms with Gasteiger partial charge < -0.3 is 20.0 Å². The van der Waals surface area contributed by atoms with Gasteiger partial charge in [0.25, 0.3) is 5.91 Å². The maximum absolute atomic E-state index is 12.2. The third-order valence-corrected chi connectivity index (χ3v) is 3.28. The Kier molecular flexibility index (Phi) is 3.99. The molecule has 2 rings (SSSR count). The molecule has 1 amide bonds. The highest BCUT2D eigenvalue weighted by Crippen LogP contribution is 2.20. The number of amides is 1. The van der Waals surface area contributed by atoms with E-state index >= 15 is 0 Å². The molecule has 2 aromatic heterocycles. The summed E-state index contributed by atoms with van der Waals surface area (Å²) in [7, 11) is 0. The fraction of sp³-hybridized carbons (Fsp3) is 0.231. The molecule has 7 heteroatoms. The monoisotopic (exact) mass is 339 g/mol. The van der Waals surface area contributed by atoms with E-state index in [1.165, 1.54) is 0 Å². The number of nitrogens with zero attached hydrogens (tertiary/aromatic N) is 1. The highest BCUT2D eigenvalue weighted by molar-refractivity contribution is 9.10. The van der Waals surface area contributed by atoms with E-state index in [4.69, 9.17) is 5.11 Å². The molecule has 2 aromatic rings. The number of carboxylic acid groups (broad SMARTS) is 1. The summed E-state index contributed by atoms with van der Waals surface area (Å²) in [4.78, 5) is 26.0. The number of carboxylic acids is 1. The minimum Gasteiger partial charge on any atom is -0.477 e. The third-order valence-electron chi connectivity index (χ3n) is 2.85. The summed E-state index contributed by atoms with van der Waals surface area (Å²) in [6.45, 7) is 4.30. The van der Waals surface area contributed by atoms with Crippen molar-refractivity contribution >= 4 is 33.5 Å². The Morgan fingerprint density at radius 3 is 2.75 bits per heavy atom. The number of rotatable bonds is 4. The molecule has 0 aliphatic rings. The molecule has 0 unspecified atom stereocenters. The number of hydrogen-bond acceptors (Lipinski definition) is 2. The Balaban J connectivity index is 2.30. The van der Waals surface area contributed by atoms with Crippen LogP contribution in [-0.4, -0.2) is 26.5 Å². The van der Waals surface area contributed by atoms with Gasteiger partial charge in [-0.05, 0) is 41.9 Å². The highest BCUT2D eigenvalue weighted by atomic mass is 79.9. The fourth-order valence-corrected chi connectivity index (χ4v) is 2.43. The van der Waals surface area contributed by atoms with E-state index < -0.39 is 5.97 Å². The lowest BCUT2D eigenvalue weighted by molar-refractivity contribution is 0.0692. The number of hydrogen-bond donors (Lipinski definition) is 3. The van der Waals surface area contributed by atoms with Crippen LogP contribution in [0, 0.1) is 6.92 Å². The molecule has 6 nitrogen and oxygen atoms in total. The minimum absolute atomic E-state index is 0.0236. The summed E-state index contributed by atoms with van der Waals surface area (Å²) in [6.07, 6.45) is 1.80. The molecule has 0 saturated heterocycles. The van der Waals surface area contributed by atoms with E-state index in [2.05, 4.69) is 26.2 Å².